The number of sulfonamides is 1. The number of hydrogen-bond donors (Lipinski definition) is 3. The summed E-state index contributed by atoms with van der Waals surface area (Å²) in [6.07, 6.45) is 7.02. The van der Waals surface area contributed by atoms with E-state index < -0.39 is 73.8 Å². The highest BCUT2D eigenvalue weighted by Gasteiger charge is 2.63. The Morgan fingerprint density at radius 1 is 1.08 bits per heavy atom. The Morgan fingerprint density at radius 2 is 1.78 bits per heavy atom. The lowest BCUT2D eigenvalue weighted by Crippen LogP contribution is -2.59. The van der Waals surface area contributed by atoms with Crippen molar-refractivity contribution in [2.45, 2.75) is 134 Å². The number of benzene rings is 1. The van der Waals surface area contributed by atoms with Crippen LogP contribution >= 0.6 is 0 Å². The van der Waals surface area contributed by atoms with Gasteiger partial charge in [-0.05, 0) is 96.3 Å². The summed E-state index contributed by atoms with van der Waals surface area (Å²) in [6, 6.07) is 3.57. The summed E-state index contributed by atoms with van der Waals surface area (Å²) in [5.74, 6) is -1.77. The van der Waals surface area contributed by atoms with Gasteiger partial charge in [0.05, 0.1) is 24.6 Å². The Kier molecular flexibility index (Phi) is 13.5. The lowest BCUT2D eigenvalue weighted by Gasteiger charge is -2.33. The molecule has 1 aromatic heterocycles. The maximum Gasteiger partial charge on any atom is 0.408 e. The number of carbonyl (C=O) groups is 4. The smallest absolute Gasteiger partial charge is 0.408 e. The van der Waals surface area contributed by atoms with Crippen molar-refractivity contribution < 1.29 is 46.1 Å². The molecule has 2 saturated carbocycles. The molecule has 16 heteroatoms. The summed E-state index contributed by atoms with van der Waals surface area (Å²) >= 11 is 0. The minimum absolute atomic E-state index is 0. The van der Waals surface area contributed by atoms with Crippen LogP contribution in [0.4, 0.5) is 10.5 Å². The predicted molar refractivity (Wildman–Crippen MR) is 233 cm³/mol. The number of allylic oxidation sites excluding steroid dienone is 1. The van der Waals surface area contributed by atoms with E-state index in [2.05, 4.69) is 27.3 Å². The van der Waals surface area contributed by atoms with Crippen LogP contribution in [0.5, 0.6) is 11.6 Å². The van der Waals surface area contributed by atoms with Gasteiger partial charge >= 0.3 is 6.09 Å². The van der Waals surface area contributed by atoms with Crippen LogP contribution in [-0.2, 0) is 29.1 Å². The Morgan fingerprint density at radius 3 is 2.41 bits per heavy atom. The Labute approximate surface area is 353 Å². The highest BCUT2D eigenvalue weighted by Crippen LogP contribution is 2.48. The van der Waals surface area contributed by atoms with E-state index >= 15 is 0 Å². The first kappa shape index (κ1) is 45.5. The van der Waals surface area contributed by atoms with Crippen molar-refractivity contribution in [3.63, 3.8) is 0 Å². The summed E-state index contributed by atoms with van der Waals surface area (Å²) in [6.45, 7) is 14.7. The molecule has 0 bridgehead atoms. The van der Waals surface area contributed by atoms with Crippen molar-refractivity contribution in [2.75, 3.05) is 32.6 Å². The van der Waals surface area contributed by atoms with Crippen LogP contribution in [0.1, 0.15) is 105 Å². The molecule has 4 aliphatic rings. The normalized spacial score (nSPS) is 28.5. The fourth-order valence-electron chi connectivity index (χ4n) is 7.90. The average Bonchev–Trinajstić information content (AvgIpc) is 4.05. The molecule has 1 aromatic carbocycles. The van der Waals surface area contributed by atoms with Gasteiger partial charge in [-0.1, -0.05) is 39.8 Å². The van der Waals surface area contributed by atoms with Crippen LogP contribution in [-0.4, -0.2) is 104 Å². The van der Waals surface area contributed by atoms with Crippen LogP contribution in [0.3, 0.4) is 0 Å². The Bertz CT molecular complexity index is 2060. The van der Waals surface area contributed by atoms with E-state index in [-0.39, 0.29) is 41.4 Å². The van der Waals surface area contributed by atoms with E-state index in [0.717, 1.165) is 17.5 Å². The van der Waals surface area contributed by atoms with Gasteiger partial charge < -0.3 is 34.6 Å². The monoisotopic (exact) mass is 846 g/mol. The third kappa shape index (κ3) is 10.1. The van der Waals surface area contributed by atoms with Crippen molar-refractivity contribution in [3.8, 4) is 11.6 Å². The number of hydrogen-bond acceptors (Lipinski definition) is 11. The molecule has 0 spiro atoms. The molecule has 59 heavy (non-hydrogen) atoms. The molecule has 3 fully saturated rings. The Hall–Kier alpha value is -4.60. The quantitative estimate of drug-likeness (QED) is 0.257. The number of ether oxygens (including phenoxy) is 3. The molecular weight excluding hydrogens is 777 g/mol. The number of methoxy groups -OCH3 is 1. The van der Waals surface area contributed by atoms with Crippen LogP contribution in [0, 0.1) is 17.8 Å². The third-order valence-corrected chi connectivity index (χ3v) is 13.9. The summed E-state index contributed by atoms with van der Waals surface area (Å²) in [7, 11) is 1.42. The number of anilines is 1. The van der Waals surface area contributed by atoms with Crippen LogP contribution in [0.25, 0.3) is 10.8 Å². The molecule has 6 rings (SSSR count). The first-order valence-corrected chi connectivity index (χ1v) is 22.3. The van der Waals surface area contributed by atoms with Crippen LogP contribution in [0.15, 0.2) is 36.5 Å². The lowest BCUT2D eigenvalue weighted by molar-refractivity contribution is -0.142. The molecule has 3 N–H and O–H groups in total. The standard InChI is InChI=1S/C41H58N6O9S.C2H6.3H2/c1-24-12-10-11-13-26-21-41(26,37(50)45-57(52,53)40(6)16-17-40)44-34(48)31-20-28(23-47(31)36(49)33(25(2)18-24)43-38(51)56-39(3,4)5)55-35-29-15-14-27(46(7)8)19-30(29)32(54-9)22-42-35;1-2;;;/h11,13-15,19,22,24-26,28,31,33H,10,12,16-18,20-21,23H2,1-9H3,(H,43,51)(H,44,48)(H,45,50);1-2H3;3*1H/b13-11-;;;;/t24-,25-,26-,28-,31+,33+,41-;;;;/m1..../s1. The highest BCUT2D eigenvalue weighted by atomic mass is 32.2. The SMILES string of the molecule is CC.COc1cnc(O[C@@H]2C[C@H]3C(=O)N[C@]4(C(=O)NS(=O)(=O)C5(C)CC5)C[C@H]4/C=C\CC[C@@H](C)C[C@@H](C)[C@H](NC(=O)OC(C)(C)C)C(=O)N3C2)c2ccc(N(C)C)cc12.[HH].[HH].[HH]. The van der Waals surface area contributed by atoms with Gasteiger partial charge in [0, 0.05) is 47.2 Å². The fraction of sp³-hybridized carbons (Fsp3) is 0.651. The second kappa shape index (κ2) is 17.6. The van der Waals surface area contributed by atoms with Gasteiger partial charge in [-0.2, -0.15) is 0 Å². The third-order valence-electron chi connectivity index (χ3n) is 11.7. The molecule has 0 unspecified atom stereocenters. The predicted octanol–water partition coefficient (Wildman–Crippen LogP) is 6.20. The van der Waals surface area contributed by atoms with Crippen LogP contribution in [0.2, 0.25) is 0 Å². The first-order valence-electron chi connectivity index (χ1n) is 20.8. The van der Waals surface area contributed by atoms with Crippen molar-refractivity contribution in [3.05, 3.63) is 36.5 Å². The molecule has 0 radical (unpaired) electrons. The van der Waals surface area contributed by atoms with Gasteiger partial charge in [0.25, 0.3) is 5.91 Å². The van der Waals surface area contributed by atoms with Gasteiger partial charge in [-0.25, -0.2) is 18.2 Å². The summed E-state index contributed by atoms with van der Waals surface area (Å²) < 4.78 is 45.4. The number of nitrogens with zero attached hydrogens (tertiary/aromatic N) is 3. The van der Waals surface area contributed by atoms with E-state index in [9.17, 15) is 27.6 Å². The van der Waals surface area contributed by atoms with E-state index in [1.165, 1.54) is 4.90 Å². The van der Waals surface area contributed by atoms with E-state index in [1.807, 2.05) is 70.1 Å². The molecule has 4 amide bonds. The minimum atomic E-state index is -4.01. The zero-order chi connectivity index (χ0) is 43.7. The molecule has 2 aromatic rings. The average molecular weight is 847 g/mol. The molecule has 2 aliphatic carbocycles. The zero-order valence-corrected chi connectivity index (χ0v) is 37.3. The van der Waals surface area contributed by atoms with Gasteiger partial charge in [-0.15, -0.1) is 0 Å². The molecule has 332 valence electrons. The zero-order valence-electron chi connectivity index (χ0n) is 36.5. The number of pyridine rings is 1. The number of fused-ring (bicyclic) bond motifs is 3. The number of nitrogens with one attached hydrogen (secondary N) is 3. The van der Waals surface area contributed by atoms with Crippen molar-refractivity contribution in [2.24, 2.45) is 17.8 Å². The van der Waals surface area contributed by atoms with Gasteiger partial charge in [0.1, 0.15) is 35.1 Å². The highest BCUT2D eigenvalue weighted by molar-refractivity contribution is 7.91. The molecule has 7 atom stereocenters. The Balaban J connectivity index is 0.00000261. The number of aromatic nitrogens is 1. The topological polar surface area (TPSA) is 186 Å². The maximum atomic E-state index is 14.8. The van der Waals surface area contributed by atoms with E-state index in [4.69, 9.17) is 14.2 Å². The van der Waals surface area contributed by atoms with E-state index in [0.29, 0.717) is 36.8 Å². The molecule has 3 heterocycles. The van der Waals surface area contributed by atoms with Crippen molar-refractivity contribution in [1.82, 2.24) is 25.2 Å². The summed E-state index contributed by atoms with van der Waals surface area (Å²) in [5.41, 5.74) is -1.43. The lowest BCUT2D eigenvalue weighted by atomic mass is 9.88. The van der Waals surface area contributed by atoms with Gasteiger partial charge in [0.15, 0.2) is 0 Å². The maximum absolute atomic E-state index is 14.8. The summed E-state index contributed by atoms with van der Waals surface area (Å²) in [4.78, 5) is 64.6. The second-order valence-electron chi connectivity index (χ2n) is 17.8. The number of rotatable bonds is 8. The summed E-state index contributed by atoms with van der Waals surface area (Å²) in [5, 5.41) is 7.16. The van der Waals surface area contributed by atoms with Crippen molar-refractivity contribution in [1.29, 1.82) is 0 Å². The number of carbonyl (C=O) groups excluding carboxylic acids is 4. The van der Waals surface area contributed by atoms with Crippen molar-refractivity contribution >= 4 is 50.3 Å². The van der Waals surface area contributed by atoms with E-state index in [1.54, 1.807) is 41.0 Å². The number of amides is 4. The number of alkyl carbamates (subject to hydrolysis) is 1. The second-order valence-corrected chi connectivity index (χ2v) is 20.0. The molecular formula is C43H70N6O9S. The van der Waals surface area contributed by atoms with Gasteiger partial charge in [-0.3, -0.25) is 19.1 Å². The van der Waals surface area contributed by atoms with Crippen LogP contribution < -0.4 is 29.7 Å². The first-order chi connectivity index (χ1) is 27.7. The molecule has 15 nitrogen and oxygen atoms in total. The molecule has 2 aliphatic heterocycles. The molecule has 1 saturated heterocycles. The largest absolute Gasteiger partial charge is 0.494 e. The minimum Gasteiger partial charge on any atom is -0.494 e. The van der Waals surface area contributed by atoms with Gasteiger partial charge in [0.2, 0.25) is 27.7 Å². The fourth-order valence-corrected chi connectivity index (χ4v) is 9.22.